The number of halogens is 4. The monoisotopic (exact) mass is 1010 g/mol. The number of aliphatic hydroxyl groups is 1. The van der Waals surface area contributed by atoms with Crippen molar-refractivity contribution in [2.24, 2.45) is 11.8 Å². The van der Waals surface area contributed by atoms with Crippen molar-refractivity contribution < 1.29 is 56.0 Å². The van der Waals surface area contributed by atoms with E-state index in [0.717, 1.165) is 45.5 Å². The van der Waals surface area contributed by atoms with Crippen LogP contribution in [0.4, 0.5) is 13.5 Å². The first-order valence-corrected chi connectivity index (χ1v) is 28.4. The number of epoxide rings is 1. The van der Waals surface area contributed by atoms with Gasteiger partial charge in [-0.3, -0.25) is 9.59 Å². The Balaban J connectivity index is -0.000000370. The van der Waals surface area contributed by atoms with E-state index < -0.39 is 22.7 Å². The Morgan fingerprint density at radius 1 is 0.800 bits per heavy atom. The fourth-order valence-electron chi connectivity index (χ4n) is 5.34. The molecule has 3 heterocycles. The summed E-state index contributed by atoms with van der Waals surface area (Å²) in [5.74, 6) is 0.156. The number of aliphatic hydroxyl groups excluding tert-OH is 1. The first-order valence-electron chi connectivity index (χ1n) is 21.4. The van der Waals surface area contributed by atoms with Gasteiger partial charge in [-0.15, -0.1) is 0 Å². The van der Waals surface area contributed by atoms with E-state index in [9.17, 15) is 19.0 Å². The van der Waals surface area contributed by atoms with Crippen LogP contribution in [-0.2, 0) is 37.4 Å². The Bertz CT molecular complexity index is 1150. The second kappa shape index (κ2) is 34.6. The Hall–Kier alpha value is -0.761. The minimum Gasteiger partial charge on any atom is -0.459 e. The molecule has 0 unspecified atom stereocenters. The Morgan fingerprint density at radius 2 is 1.18 bits per heavy atom. The molecule has 8 atom stereocenters. The molecule has 3 fully saturated rings. The zero-order valence-electron chi connectivity index (χ0n) is 39.8. The summed E-state index contributed by atoms with van der Waals surface area (Å²) in [5.41, 5.74) is 0. The van der Waals surface area contributed by atoms with Crippen LogP contribution >= 0.6 is 22.6 Å². The summed E-state index contributed by atoms with van der Waals surface area (Å²) < 4.78 is 61.1. The van der Waals surface area contributed by atoms with Crippen molar-refractivity contribution in [3.8, 4) is 0 Å². The summed E-state index contributed by atoms with van der Waals surface area (Å²) in [6.07, 6.45) is 11.6. The largest absolute Gasteiger partial charge is 0.459 e. The van der Waals surface area contributed by atoms with E-state index in [4.69, 9.17) is 36.9 Å². The van der Waals surface area contributed by atoms with Crippen LogP contribution in [0.3, 0.4) is 0 Å². The van der Waals surface area contributed by atoms with Crippen LogP contribution < -0.4 is 0 Å². The molecule has 3 aliphatic rings. The van der Waals surface area contributed by atoms with Crippen LogP contribution in [0.2, 0.25) is 43.1 Å². The second-order valence-electron chi connectivity index (χ2n) is 18.1. The van der Waals surface area contributed by atoms with Crippen LogP contribution in [0.25, 0.3) is 0 Å². The van der Waals surface area contributed by atoms with Crippen LogP contribution in [0, 0.1) is 11.8 Å². The van der Waals surface area contributed by atoms with E-state index in [2.05, 4.69) is 120 Å². The van der Waals surface area contributed by atoms with E-state index >= 15 is 0 Å². The maximum absolute atomic E-state index is 11.3. The minimum absolute atomic E-state index is 0. The summed E-state index contributed by atoms with van der Waals surface area (Å²) in [7, 11) is -2.82. The van der Waals surface area contributed by atoms with Crippen LogP contribution in [0.15, 0.2) is 22.3 Å². The molecule has 0 spiro atoms. The molecule has 0 saturated carbocycles. The van der Waals surface area contributed by atoms with Gasteiger partial charge >= 0.3 is 19.5 Å². The van der Waals surface area contributed by atoms with E-state index in [-0.39, 0.29) is 54.7 Å². The van der Waals surface area contributed by atoms with E-state index in [1.807, 2.05) is 33.8 Å². The average molecular weight is 1010 g/mol. The molecule has 0 amide bonds. The van der Waals surface area contributed by atoms with Gasteiger partial charge in [0.05, 0.1) is 25.6 Å². The number of rotatable bonds is 16. The van der Waals surface area contributed by atoms with E-state index in [1.54, 1.807) is 0 Å². The molecule has 357 valence electrons. The topological polar surface area (TPSA) is 113 Å². The van der Waals surface area contributed by atoms with E-state index in [0.29, 0.717) is 43.9 Å². The van der Waals surface area contributed by atoms with Crippen LogP contribution in [0.1, 0.15) is 135 Å². The summed E-state index contributed by atoms with van der Waals surface area (Å²) in [6.45, 7) is 38.9. The summed E-state index contributed by atoms with van der Waals surface area (Å²) in [4.78, 5) is 22.0. The maximum atomic E-state index is 11.3. The quantitative estimate of drug-likeness (QED) is 0.0531. The van der Waals surface area contributed by atoms with Crippen molar-refractivity contribution in [1.29, 1.82) is 0 Å². The van der Waals surface area contributed by atoms with Crippen LogP contribution in [-0.4, -0.2) is 97.7 Å². The predicted molar refractivity (Wildman–Crippen MR) is 258 cm³/mol. The number of carbonyl (C=O) groups is 2. The van der Waals surface area contributed by atoms with Crippen molar-refractivity contribution in [3.05, 3.63) is 22.3 Å². The van der Waals surface area contributed by atoms with Crippen LogP contribution in [0.5, 0.6) is 0 Å². The molecule has 9 nitrogen and oxygen atoms in total. The third-order valence-corrected chi connectivity index (χ3v) is 20.6. The lowest BCUT2D eigenvalue weighted by molar-refractivity contribution is -0.145. The third-order valence-electron chi connectivity index (χ3n) is 11.0. The highest BCUT2D eigenvalue weighted by atomic mass is 127. The van der Waals surface area contributed by atoms with Gasteiger partial charge in [-0.25, -0.2) is 0 Å². The number of cyclic esters (lactones) is 2. The summed E-state index contributed by atoms with van der Waals surface area (Å²) >= 11 is 2.27. The number of esters is 2. The van der Waals surface area contributed by atoms with Gasteiger partial charge in [-0.05, 0) is 86.3 Å². The van der Waals surface area contributed by atoms with Gasteiger partial charge < -0.3 is 37.2 Å². The molecule has 1 N–H and O–H groups in total. The molecule has 1 radical (unpaired) electrons. The van der Waals surface area contributed by atoms with E-state index in [1.165, 1.54) is 6.82 Å². The van der Waals surface area contributed by atoms with Gasteiger partial charge in [-0.1, -0.05) is 124 Å². The van der Waals surface area contributed by atoms with Gasteiger partial charge in [0.25, 0.3) is 0 Å². The molecule has 0 bridgehead atoms. The highest BCUT2D eigenvalue weighted by Crippen LogP contribution is 2.39. The molecule has 3 rings (SSSR count). The Kier molecular flexibility index (Phi) is 38.0. The molecule has 0 aromatic carbocycles. The number of ether oxygens (including phenoxy) is 4. The first-order chi connectivity index (χ1) is 27.3. The number of hydrogen-bond donors (Lipinski definition) is 1. The van der Waals surface area contributed by atoms with Crippen molar-refractivity contribution in [3.63, 3.8) is 0 Å². The Morgan fingerprint density at radius 3 is 1.47 bits per heavy atom. The highest BCUT2D eigenvalue weighted by molar-refractivity contribution is 14.1. The van der Waals surface area contributed by atoms with Crippen molar-refractivity contribution in [2.75, 3.05) is 19.8 Å². The number of hydrogen-bond acceptors (Lipinski definition) is 9. The fourth-order valence-corrected chi connectivity index (χ4v) is 8.54. The molecule has 3 aliphatic heterocycles. The third kappa shape index (κ3) is 28.8. The lowest BCUT2D eigenvalue weighted by Crippen LogP contribution is -2.43. The lowest BCUT2D eigenvalue weighted by atomic mass is 9.97. The lowest BCUT2D eigenvalue weighted by Gasteiger charge is -2.39. The zero-order valence-corrected chi connectivity index (χ0v) is 44.0. The Labute approximate surface area is 382 Å². The molecule has 0 aromatic rings. The molecule has 3 saturated heterocycles. The predicted octanol–water partition coefficient (Wildman–Crippen LogP) is 13.0. The van der Waals surface area contributed by atoms with Crippen molar-refractivity contribution in [1.82, 2.24) is 0 Å². The van der Waals surface area contributed by atoms with Crippen molar-refractivity contribution in [2.45, 2.75) is 215 Å². The van der Waals surface area contributed by atoms with Gasteiger partial charge in [0.2, 0.25) is 0 Å². The normalized spacial score (nSPS) is 22.6. The first kappa shape index (κ1) is 65.8. The second-order valence-corrected chi connectivity index (χ2v) is 28.3. The van der Waals surface area contributed by atoms with Gasteiger partial charge in [0, 0.05) is 46.4 Å². The average Bonchev–Trinajstić information content (AvgIpc) is 3.85. The number of carbonyl (C=O) groups excluding carboxylic acids is 2. The van der Waals surface area contributed by atoms with Crippen molar-refractivity contribution >= 4 is 58.7 Å². The van der Waals surface area contributed by atoms with Gasteiger partial charge in [0.1, 0.15) is 18.3 Å². The highest BCUT2D eigenvalue weighted by Gasteiger charge is 2.44. The maximum Gasteiger partial charge on any atom is 0.351 e. The van der Waals surface area contributed by atoms with Gasteiger partial charge in [0.15, 0.2) is 16.6 Å². The standard InChI is InChI=1S/C19H36O4Si.C12H25IOSi.C7H10O3.C4H10O.CH3BF.CH4.F2/c1-8-15(23-24(6,7)19(3,4)5)11-9-10-12-16(20)18-14(2)13-17(21)22-18;1-7-11(9-8-10-13)14-15(5,6)12(2,3)4;1-4-2-6(8)10-7(4)5-3-9-5;1-3-5-4-2;1-2-3;;1-2/h9-10,14-16,18,20H,8,11-13H2,1-7H3;8,10-11H,7,9H2,1-6H3;4-5,7H,2-3H2,1H3;3-4H2,1-2H3;1H3;1H4;/b10-9-;10-8-;;;;;/t14-,15-,16-,18-;11-;4-,5-,7-;;;;/m000..../s1. The smallest absolute Gasteiger partial charge is 0.351 e. The zero-order chi connectivity index (χ0) is 46.6. The van der Waals surface area contributed by atoms with Gasteiger partial charge in [-0.2, -0.15) is 0 Å². The molecule has 0 aliphatic carbocycles. The molecule has 60 heavy (non-hydrogen) atoms. The molecular formula is C44H88BF3IO9Si2. The summed E-state index contributed by atoms with van der Waals surface area (Å²) in [5, 5.41) is 10.7. The fraction of sp³-hybridized carbons (Fsp3) is 0.864. The SMILES string of the molecule is C.CCOCC.CC[C@@H](C/C=C\C[C@H](O)[C@H]1OC(=O)C[C@@H]1C)O[Si](C)(C)C(C)(C)C.CC[C@@H](C/C=C\I)O[Si](C)(C)C(C)(C)C.C[B]F.C[C@H]1CC(=O)O[C@@H]1[C@@H]1CO1.FF. The minimum atomic E-state index is -1.75. The molecular weight excluding hydrogens is 923 g/mol. The summed E-state index contributed by atoms with van der Waals surface area (Å²) in [6, 6.07) is 0. The molecule has 16 heteroatoms. The molecule has 0 aromatic heterocycles.